The summed E-state index contributed by atoms with van der Waals surface area (Å²) in [7, 11) is -0.359. The van der Waals surface area contributed by atoms with Crippen molar-refractivity contribution in [2.24, 2.45) is 0 Å². The Bertz CT molecular complexity index is 878. The van der Waals surface area contributed by atoms with E-state index in [1.165, 1.54) is 12.3 Å². The second kappa shape index (κ2) is 8.12. The van der Waals surface area contributed by atoms with Crippen molar-refractivity contribution < 1.29 is 17.9 Å². The highest BCUT2D eigenvalue weighted by atomic mass is 28.4. The van der Waals surface area contributed by atoms with Crippen molar-refractivity contribution in [3.05, 3.63) is 47.7 Å². The van der Waals surface area contributed by atoms with Crippen LogP contribution in [-0.4, -0.2) is 39.6 Å². The predicted octanol–water partition coefficient (Wildman–Crippen LogP) is 5.38. The van der Waals surface area contributed by atoms with E-state index in [9.17, 15) is 4.39 Å². The summed E-state index contributed by atoms with van der Waals surface area (Å²) in [6, 6.07) is 6.48. The molecule has 1 aliphatic rings. The zero-order valence-corrected chi connectivity index (χ0v) is 19.1. The van der Waals surface area contributed by atoms with Crippen LogP contribution >= 0.6 is 0 Å². The van der Waals surface area contributed by atoms with E-state index < -0.39 is 14.1 Å². The van der Waals surface area contributed by atoms with Gasteiger partial charge >= 0.3 is 0 Å². The van der Waals surface area contributed by atoms with Crippen LogP contribution in [0.2, 0.25) is 18.1 Å². The van der Waals surface area contributed by atoms with Gasteiger partial charge in [0.15, 0.2) is 20.0 Å². The first-order valence-corrected chi connectivity index (χ1v) is 12.8. The van der Waals surface area contributed by atoms with E-state index in [2.05, 4.69) is 38.8 Å². The maximum atomic E-state index is 15.2. The summed E-state index contributed by atoms with van der Waals surface area (Å²) in [6.07, 6.45) is 1.63. The average Bonchev–Trinajstić information content (AvgIpc) is 2.60. The molecule has 4 nitrogen and oxygen atoms in total. The third-order valence-electron chi connectivity index (χ3n) is 6.09. The Kier molecular flexibility index (Phi) is 6.13. The lowest BCUT2D eigenvalue weighted by Gasteiger charge is -2.39. The minimum absolute atomic E-state index is 0.0443. The molecule has 0 atom stereocenters. The SMILES string of the molecule is COC1CN(c2ncc(-c3cccc(CO[Si](C)(C)C(C)(C)C)c3F)cc2F)C1. The zero-order valence-electron chi connectivity index (χ0n) is 18.1. The van der Waals surface area contributed by atoms with Gasteiger partial charge in [-0.3, -0.25) is 0 Å². The number of pyridine rings is 1. The molecule has 1 aliphatic heterocycles. The van der Waals surface area contributed by atoms with Crippen LogP contribution in [0.1, 0.15) is 26.3 Å². The van der Waals surface area contributed by atoms with Crippen LogP contribution < -0.4 is 4.90 Å². The molecule has 0 spiro atoms. The fraction of sp³-hybridized carbons (Fsp3) is 0.500. The van der Waals surface area contributed by atoms with E-state index in [1.54, 1.807) is 25.3 Å². The number of ether oxygens (including phenoxy) is 1. The second-order valence-electron chi connectivity index (χ2n) is 9.12. The number of methoxy groups -OCH3 is 1. The number of anilines is 1. The van der Waals surface area contributed by atoms with Crippen LogP contribution in [0.25, 0.3) is 11.1 Å². The molecule has 0 saturated carbocycles. The standard InChI is InChI=1S/C22H30F2N2O2Si/c1-22(2,3)29(5,6)28-14-15-8-7-9-18(20(15)24)16-10-19(23)21(25-11-16)26-12-17(13-26)27-4/h7-11,17H,12-14H2,1-6H3. The molecule has 7 heteroatoms. The quantitative estimate of drug-likeness (QED) is 0.588. The van der Waals surface area contributed by atoms with E-state index in [1.807, 2.05) is 4.90 Å². The molecule has 0 aliphatic carbocycles. The molecular weight excluding hydrogens is 390 g/mol. The molecule has 0 amide bonds. The Balaban J connectivity index is 1.80. The first-order valence-electron chi connectivity index (χ1n) is 9.88. The number of halogens is 2. The van der Waals surface area contributed by atoms with Crippen molar-refractivity contribution in [1.82, 2.24) is 4.98 Å². The summed E-state index contributed by atoms with van der Waals surface area (Å²) in [5.41, 5.74) is 1.22. The summed E-state index contributed by atoms with van der Waals surface area (Å²) in [5, 5.41) is 0.0443. The van der Waals surface area contributed by atoms with Crippen molar-refractivity contribution in [2.75, 3.05) is 25.1 Å². The second-order valence-corrected chi connectivity index (χ2v) is 13.9. The molecule has 158 valence electrons. The molecule has 2 heterocycles. The van der Waals surface area contributed by atoms with Gasteiger partial charge in [0.2, 0.25) is 0 Å². The molecular formula is C22H30F2N2O2Si. The maximum absolute atomic E-state index is 15.2. The van der Waals surface area contributed by atoms with Gasteiger partial charge in [-0.2, -0.15) is 0 Å². The van der Waals surface area contributed by atoms with E-state index in [0.717, 1.165) is 0 Å². The molecule has 0 unspecified atom stereocenters. The Morgan fingerprint density at radius 2 is 1.90 bits per heavy atom. The molecule has 0 bridgehead atoms. The molecule has 29 heavy (non-hydrogen) atoms. The number of hydrogen-bond donors (Lipinski definition) is 0. The minimum atomic E-state index is -2.00. The molecule has 1 fully saturated rings. The van der Waals surface area contributed by atoms with Crippen LogP contribution in [0.4, 0.5) is 14.6 Å². The van der Waals surface area contributed by atoms with Gasteiger partial charge in [0.05, 0.1) is 12.7 Å². The molecule has 0 N–H and O–H groups in total. The van der Waals surface area contributed by atoms with Crippen LogP contribution in [0.5, 0.6) is 0 Å². The summed E-state index contributed by atoms with van der Waals surface area (Å²) in [6.45, 7) is 12.1. The van der Waals surface area contributed by atoms with Crippen molar-refractivity contribution in [1.29, 1.82) is 0 Å². The molecule has 3 rings (SSSR count). The Morgan fingerprint density at radius 1 is 1.21 bits per heavy atom. The van der Waals surface area contributed by atoms with Crippen LogP contribution in [0.15, 0.2) is 30.5 Å². The van der Waals surface area contributed by atoms with Crippen molar-refractivity contribution in [2.45, 2.75) is 51.6 Å². The van der Waals surface area contributed by atoms with E-state index in [0.29, 0.717) is 29.8 Å². The zero-order chi connectivity index (χ0) is 21.4. The summed E-state index contributed by atoms with van der Waals surface area (Å²) >= 11 is 0. The predicted molar refractivity (Wildman–Crippen MR) is 115 cm³/mol. The highest BCUT2D eigenvalue weighted by Gasteiger charge is 2.37. The lowest BCUT2D eigenvalue weighted by atomic mass is 10.0. The van der Waals surface area contributed by atoms with E-state index in [4.69, 9.17) is 9.16 Å². The smallest absolute Gasteiger partial charge is 0.192 e. The van der Waals surface area contributed by atoms with Crippen molar-refractivity contribution >= 4 is 14.1 Å². The highest BCUT2D eigenvalue weighted by molar-refractivity contribution is 6.74. The fourth-order valence-corrected chi connectivity index (χ4v) is 3.91. The Labute approximate surface area is 173 Å². The highest BCUT2D eigenvalue weighted by Crippen LogP contribution is 2.37. The average molecular weight is 421 g/mol. The molecule has 2 aromatic rings. The molecule has 1 aromatic heterocycles. The lowest BCUT2D eigenvalue weighted by Crippen LogP contribution is -2.52. The number of aromatic nitrogens is 1. The number of benzene rings is 1. The van der Waals surface area contributed by atoms with Gasteiger partial charge in [-0.15, -0.1) is 0 Å². The van der Waals surface area contributed by atoms with Gasteiger partial charge in [-0.05, 0) is 24.2 Å². The molecule has 1 saturated heterocycles. The fourth-order valence-electron chi connectivity index (χ4n) is 2.96. The lowest BCUT2D eigenvalue weighted by molar-refractivity contribution is 0.0779. The maximum Gasteiger partial charge on any atom is 0.192 e. The summed E-state index contributed by atoms with van der Waals surface area (Å²) in [5.74, 6) is -0.567. The van der Waals surface area contributed by atoms with Gasteiger partial charge in [0.25, 0.3) is 0 Å². The van der Waals surface area contributed by atoms with Gasteiger partial charge in [0, 0.05) is 43.1 Å². The molecule has 0 radical (unpaired) electrons. The largest absolute Gasteiger partial charge is 0.412 e. The van der Waals surface area contributed by atoms with Crippen LogP contribution in [0.3, 0.4) is 0 Å². The Hall–Kier alpha value is -1.83. The van der Waals surface area contributed by atoms with E-state index in [-0.39, 0.29) is 29.4 Å². The summed E-state index contributed by atoms with van der Waals surface area (Å²) < 4.78 is 41.1. The van der Waals surface area contributed by atoms with Gasteiger partial charge < -0.3 is 14.1 Å². The Morgan fingerprint density at radius 3 is 2.48 bits per heavy atom. The number of hydrogen-bond acceptors (Lipinski definition) is 4. The summed E-state index contributed by atoms with van der Waals surface area (Å²) in [4.78, 5) is 6.05. The van der Waals surface area contributed by atoms with Gasteiger partial charge in [0.1, 0.15) is 5.82 Å². The van der Waals surface area contributed by atoms with Crippen molar-refractivity contribution in [3.63, 3.8) is 0 Å². The topological polar surface area (TPSA) is 34.6 Å². The third-order valence-corrected chi connectivity index (χ3v) is 10.6. The first-order chi connectivity index (χ1) is 13.5. The minimum Gasteiger partial charge on any atom is -0.412 e. The first kappa shape index (κ1) is 21.9. The number of nitrogens with zero attached hydrogens (tertiary/aromatic N) is 2. The van der Waals surface area contributed by atoms with Crippen LogP contribution in [-0.2, 0) is 15.8 Å². The van der Waals surface area contributed by atoms with E-state index >= 15 is 4.39 Å². The monoisotopic (exact) mass is 420 g/mol. The normalized spacial score (nSPS) is 15.5. The molecule has 1 aromatic carbocycles. The third kappa shape index (κ3) is 4.52. The van der Waals surface area contributed by atoms with Crippen molar-refractivity contribution in [3.8, 4) is 11.1 Å². The van der Waals surface area contributed by atoms with Gasteiger partial charge in [-0.25, -0.2) is 13.8 Å². The number of rotatable bonds is 6. The van der Waals surface area contributed by atoms with Gasteiger partial charge in [-0.1, -0.05) is 39.0 Å². The van der Waals surface area contributed by atoms with Crippen LogP contribution in [0, 0.1) is 11.6 Å².